The number of hydrogen-bond donors (Lipinski definition) is 1. The first-order valence-corrected chi connectivity index (χ1v) is 7.37. The molecule has 1 heterocycles. The molecule has 2 aromatic carbocycles. The van der Waals surface area contributed by atoms with Gasteiger partial charge in [0, 0.05) is 19.3 Å². The molecular formula is C16H16N2OS. The fourth-order valence-corrected chi connectivity index (χ4v) is 2.88. The molecule has 0 saturated heterocycles. The molecule has 1 aromatic heterocycles. The summed E-state index contributed by atoms with van der Waals surface area (Å²) in [5.74, 6) is 0. The number of thiazole rings is 1. The quantitative estimate of drug-likeness (QED) is 0.767. The zero-order valence-electron chi connectivity index (χ0n) is 11.3. The summed E-state index contributed by atoms with van der Waals surface area (Å²) in [6.07, 6.45) is 0. The van der Waals surface area contributed by atoms with Crippen LogP contribution in [0.5, 0.6) is 0 Å². The summed E-state index contributed by atoms with van der Waals surface area (Å²) in [5, 5.41) is 3.45. The Morgan fingerprint density at radius 1 is 1.15 bits per heavy atom. The molecule has 4 heteroatoms. The summed E-state index contributed by atoms with van der Waals surface area (Å²) in [5.41, 5.74) is 6.51. The van der Waals surface area contributed by atoms with Crippen molar-refractivity contribution in [3.05, 3.63) is 59.1 Å². The molecule has 1 N–H and O–H groups in total. The van der Waals surface area contributed by atoms with Gasteiger partial charge >= 0.3 is 0 Å². The molecule has 3 rings (SSSR count). The fourth-order valence-electron chi connectivity index (χ4n) is 2.17. The lowest BCUT2D eigenvalue weighted by molar-refractivity contribution is 0.185. The average molecular weight is 284 g/mol. The molecule has 0 bridgehead atoms. The van der Waals surface area contributed by atoms with Gasteiger partial charge in [-0.25, -0.2) is 4.98 Å². The normalized spacial score (nSPS) is 10.8. The van der Waals surface area contributed by atoms with Crippen LogP contribution < -0.4 is 5.32 Å². The van der Waals surface area contributed by atoms with Crippen molar-refractivity contribution in [1.82, 2.24) is 4.98 Å². The van der Waals surface area contributed by atoms with Gasteiger partial charge in [0.1, 0.15) is 0 Å². The maximum atomic E-state index is 5.16. The van der Waals surface area contributed by atoms with Crippen LogP contribution in [-0.2, 0) is 17.9 Å². The topological polar surface area (TPSA) is 34.1 Å². The predicted octanol–water partition coefficient (Wildman–Crippen LogP) is 4.05. The van der Waals surface area contributed by atoms with E-state index < -0.39 is 0 Å². The minimum Gasteiger partial charge on any atom is -0.381 e. The van der Waals surface area contributed by atoms with Crippen LogP contribution in [0.3, 0.4) is 0 Å². The van der Waals surface area contributed by atoms with Crippen LogP contribution in [0.4, 0.5) is 5.69 Å². The Balaban J connectivity index is 1.70. The van der Waals surface area contributed by atoms with Crippen molar-refractivity contribution in [2.24, 2.45) is 0 Å². The molecule has 0 aliphatic heterocycles. The Bertz CT molecular complexity index is 708. The molecule has 20 heavy (non-hydrogen) atoms. The zero-order chi connectivity index (χ0) is 13.8. The van der Waals surface area contributed by atoms with Gasteiger partial charge in [0.15, 0.2) is 0 Å². The van der Waals surface area contributed by atoms with Gasteiger partial charge in [0.2, 0.25) is 0 Å². The highest BCUT2D eigenvalue weighted by atomic mass is 32.1. The van der Waals surface area contributed by atoms with Crippen LogP contribution in [0, 0.1) is 0 Å². The number of nitrogens with zero attached hydrogens (tertiary/aromatic N) is 1. The molecular weight excluding hydrogens is 268 g/mol. The van der Waals surface area contributed by atoms with E-state index in [0.717, 1.165) is 17.7 Å². The van der Waals surface area contributed by atoms with Crippen molar-refractivity contribution in [3.8, 4) is 0 Å². The minimum absolute atomic E-state index is 0.653. The Morgan fingerprint density at radius 2 is 2.05 bits per heavy atom. The van der Waals surface area contributed by atoms with Crippen molar-refractivity contribution in [2.75, 3.05) is 12.4 Å². The van der Waals surface area contributed by atoms with Gasteiger partial charge < -0.3 is 10.1 Å². The van der Waals surface area contributed by atoms with E-state index in [9.17, 15) is 0 Å². The van der Waals surface area contributed by atoms with Crippen molar-refractivity contribution in [1.29, 1.82) is 0 Å². The summed E-state index contributed by atoms with van der Waals surface area (Å²) in [7, 11) is 1.72. The summed E-state index contributed by atoms with van der Waals surface area (Å²) in [4.78, 5) is 4.29. The molecule has 102 valence electrons. The average Bonchev–Trinajstić information content (AvgIpc) is 2.93. The van der Waals surface area contributed by atoms with Crippen LogP contribution in [0.25, 0.3) is 10.2 Å². The highest BCUT2D eigenvalue weighted by Crippen LogP contribution is 2.22. The number of aromatic nitrogens is 1. The number of anilines is 1. The highest BCUT2D eigenvalue weighted by molar-refractivity contribution is 7.16. The van der Waals surface area contributed by atoms with Gasteiger partial charge in [0.05, 0.1) is 22.3 Å². The second-order valence-electron chi connectivity index (χ2n) is 4.64. The van der Waals surface area contributed by atoms with Gasteiger partial charge in [-0.15, -0.1) is 11.3 Å². The molecule has 0 radical (unpaired) electrons. The van der Waals surface area contributed by atoms with Gasteiger partial charge in [0.25, 0.3) is 0 Å². The predicted molar refractivity (Wildman–Crippen MR) is 84.1 cm³/mol. The van der Waals surface area contributed by atoms with Crippen LogP contribution in [0.1, 0.15) is 11.1 Å². The second-order valence-corrected chi connectivity index (χ2v) is 5.53. The number of methoxy groups -OCH3 is 1. The van der Waals surface area contributed by atoms with E-state index >= 15 is 0 Å². The molecule has 3 nitrogen and oxygen atoms in total. The number of rotatable bonds is 5. The standard InChI is InChI=1S/C16H16N2OS/c1-19-10-13-4-2-3-12(7-13)9-17-14-5-6-15-16(8-14)20-11-18-15/h2-8,11,17H,9-10H2,1H3. The van der Waals surface area contributed by atoms with Crippen molar-refractivity contribution in [2.45, 2.75) is 13.2 Å². The Hall–Kier alpha value is -1.91. The lowest BCUT2D eigenvalue weighted by Crippen LogP contribution is -2.00. The van der Waals surface area contributed by atoms with Crippen LogP contribution in [-0.4, -0.2) is 12.1 Å². The first-order valence-electron chi connectivity index (χ1n) is 6.49. The molecule has 0 saturated carbocycles. The third-order valence-electron chi connectivity index (χ3n) is 3.13. The third-order valence-corrected chi connectivity index (χ3v) is 3.92. The molecule has 0 fully saturated rings. The van der Waals surface area contributed by atoms with E-state index in [1.54, 1.807) is 18.4 Å². The van der Waals surface area contributed by atoms with Crippen LogP contribution in [0.2, 0.25) is 0 Å². The molecule has 0 spiro atoms. The van der Waals surface area contributed by atoms with E-state index in [4.69, 9.17) is 4.74 Å². The van der Waals surface area contributed by atoms with Gasteiger partial charge in [-0.2, -0.15) is 0 Å². The number of fused-ring (bicyclic) bond motifs is 1. The third kappa shape index (κ3) is 2.98. The maximum absolute atomic E-state index is 5.16. The molecule has 0 amide bonds. The first-order chi connectivity index (χ1) is 9.85. The van der Waals surface area contributed by atoms with Crippen molar-refractivity contribution < 1.29 is 4.74 Å². The monoisotopic (exact) mass is 284 g/mol. The number of benzene rings is 2. The molecule has 0 unspecified atom stereocenters. The Labute approximate surface area is 122 Å². The smallest absolute Gasteiger partial charge is 0.0813 e. The lowest BCUT2D eigenvalue weighted by atomic mass is 10.1. The van der Waals surface area contributed by atoms with Gasteiger partial charge in [-0.1, -0.05) is 24.3 Å². The van der Waals surface area contributed by atoms with Crippen LogP contribution >= 0.6 is 11.3 Å². The van der Waals surface area contributed by atoms with E-state index in [0.29, 0.717) is 6.61 Å². The van der Waals surface area contributed by atoms with E-state index in [-0.39, 0.29) is 0 Å². The Kier molecular flexibility index (Phi) is 3.95. The van der Waals surface area contributed by atoms with Gasteiger partial charge in [-0.3, -0.25) is 0 Å². The van der Waals surface area contributed by atoms with E-state index in [1.165, 1.54) is 15.8 Å². The van der Waals surface area contributed by atoms with Crippen molar-refractivity contribution in [3.63, 3.8) is 0 Å². The van der Waals surface area contributed by atoms with E-state index in [2.05, 4.69) is 52.8 Å². The summed E-state index contributed by atoms with van der Waals surface area (Å²) in [6.45, 7) is 1.46. The van der Waals surface area contributed by atoms with E-state index in [1.807, 2.05) is 5.51 Å². The Morgan fingerprint density at radius 3 is 2.95 bits per heavy atom. The largest absolute Gasteiger partial charge is 0.381 e. The van der Waals surface area contributed by atoms with Crippen LogP contribution in [0.15, 0.2) is 48.0 Å². The van der Waals surface area contributed by atoms with Crippen molar-refractivity contribution >= 4 is 27.2 Å². The molecule has 0 atom stereocenters. The lowest BCUT2D eigenvalue weighted by Gasteiger charge is -2.08. The number of nitrogens with one attached hydrogen (secondary N) is 1. The number of ether oxygens (including phenoxy) is 1. The first kappa shape index (κ1) is 13.1. The summed E-state index contributed by atoms with van der Waals surface area (Å²) < 4.78 is 6.37. The minimum atomic E-state index is 0.653. The SMILES string of the molecule is COCc1cccc(CNc2ccc3ncsc3c2)c1. The molecule has 3 aromatic rings. The fraction of sp³-hybridized carbons (Fsp3) is 0.188. The second kappa shape index (κ2) is 6.03. The molecule has 0 aliphatic rings. The summed E-state index contributed by atoms with van der Waals surface area (Å²) in [6, 6.07) is 14.7. The van der Waals surface area contributed by atoms with Gasteiger partial charge in [-0.05, 0) is 29.3 Å². The maximum Gasteiger partial charge on any atom is 0.0813 e. The number of hydrogen-bond acceptors (Lipinski definition) is 4. The highest BCUT2D eigenvalue weighted by Gasteiger charge is 2.00. The summed E-state index contributed by atoms with van der Waals surface area (Å²) >= 11 is 1.66. The zero-order valence-corrected chi connectivity index (χ0v) is 12.1. The molecule has 0 aliphatic carbocycles.